The first kappa shape index (κ1) is 28.1. The average molecular weight is 512 g/mol. The van der Waals surface area contributed by atoms with E-state index in [2.05, 4.69) is 35.8 Å². The number of nitrogen functional groups attached to an aromatic ring is 1. The van der Waals surface area contributed by atoms with Gasteiger partial charge in [0.05, 0.1) is 12.8 Å². The minimum Gasteiger partial charge on any atom is -0.380 e. The molecule has 11 heteroatoms. The Hall–Kier alpha value is -1.50. The van der Waals surface area contributed by atoms with Crippen molar-refractivity contribution in [1.29, 1.82) is 0 Å². The van der Waals surface area contributed by atoms with Gasteiger partial charge < -0.3 is 29.8 Å². The summed E-state index contributed by atoms with van der Waals surface area (Å²) in [4.78, 5) is 8.66. The lowest BCUT2D eigenvalue weighted by Crippen LogP contribution is -2.56. The van der Waals surface area contributed by atoms with Gasteiger partial charge in [-0.1, -0.05) is 51.8 Å². The standard InChI is InChI=1S/C24H41N5O5S/c1-6-9-12-31-16-17-19(32-13-10-7-2)23(4,33-14-11-8-3)24(30,34-17)18-15-26-21-20(25)27-22(35-5)28-29(18)21/h15,17,19,30H,6-14,16H2,1-5H3,(H2,25,27,28)/t17-,19-,23-,24+/m1/s1. The summed E-state index contributed by atoms with van der Waals surface area (Å²) in [6.07, 6.45) is 7.91. The number of nitrogens with zero attached hydrogens (tertiary/aromatic N) is 4. The normalized spacial score (nSPS) is 26.7. The van der Waals surface area contributed by atoms with Crippen LogP contribution < -0.4 is 5.73 Å². The Morgan fingerprint density at radius 3 is 2.51 bits per heavy atom. The van der Waals surface area contributed by atoms with Crippen LogP contribution in [0.2, 0.25) is 0 Å². The molecule has 1 fully saturated rings. The number of imidazole rings is 1. The maximum absolute atomic E-state index is 12.3. The molecule has 2 aromatic rings. The number of fused-ring (bicyclic) bond motifs is 1. The van der Waals surface area contributed by atoms with Gasteiger partial charge in [0, 0.05) is 19.8 Å². The minimum absolute atomic E-state index is 0.223. The van der Waals surface area contributed by atoms with Crippen LogP contribution in [0.5, 0.6) is 0 Å². The van der Waals surface area contributed by atoms with Crippen molar-refractivity contribution in [2.75, 3.05) is 38.4 Å². The maximum Gasteiger partial charge on any atom is 0.244 e. The maximum atomic E-state index is 12.3. The van der Waals surface area contributed by atoms with E-state index in [4.69, 9.17) is 24.7 Å². The van der Waals surface area contributed by atoms with E-state index < -0.39 is 23.6 Å². The Balaban J connectivity index is 2.06. The van der Waals surface area contributed by atoms with Gasteiger partial charge in [-0.05, 0) is 32.4 Å². The lowest BCUT2D eigenvalue weighted by molar-refractivity contribution is -0.291. The number of hydrogen-bond donors (Lipinski definition) is 2. The highest BCUT2D eigenvalue weighted by Gasteiger charge is 2.67. The third-order valence-corrected chi connectivity index (χ3v) is 6.93. The van der Waals surface area contributed by atoms with Gasteiger partial charge in [0.2, 0.25) is 10.9 Å². The van der Waals surface area contributed by atoms with E-state index in [0.717, 1.165) is 38.5 Å². The zero-order valence-electron chi connectivity index (χ0n) is 21.7. The Labute approximate surface area is 212 Å². The fourth-order valence-corrected chi connectivity index (χ4v) is 4.61. The molecule has 0 amide bonds. The monoisotopic (exact) mass is 511 g/mol. The number of unbranched alkanes of at least 4 members (excludes halogenated alkanes) is 3. The molecule has 1 saturated heterocycles. The highest BCUT2D eigenvalue weighted by Crippen LogP contribution is 2.49. The van der Waals surface area contributed by atoms with E-state index in [-0.39, 0.29) is 12.4 Å². The van der Waals surface area contributed by atoms with E-state index >= 15 is 0 Å². The molecule has 2 aromatic heterocycles. The third kappa shape index (κ3) is 5.75. The van der Waals surface area contributed by atoms with Crippen LogP contribution in [0.15, 0.2) is 11.4 Å². The van der Waals surface area contributed by atoms with E-state index in [1.165, 1.54) is 22.5 Å². The molecule has 3 N–H and O–H groups in total. The topological polar surface area (TPSA) is 126 Å². The van der Waals surface area contributed by atoms with Crippen molar-refractivity contribution in [2.24, 2.45) is 0 Å². The van der Waals surface area contributed by atoms with Gasteiger partial charge in [-0.3, -0.25) is 0 Å². The van der Waals surface area contributed by atoms with Gasteiger partial charge in [0.1, 0.15) is 17.9 Å². The summed E-state index contributed by atoms with van der Waals surface area (Å²) in [6, 6.07) is 0. The predicted molar refractivity (Wildman–Crippen MR) is 135 cm³/mol. The number of hydrogen-bond acceptors (Lipinski definition) is 10. The molecule has 0 bridgehead atoms. The molecule has 1 aliphatic heterocycles. The van der Waals surface area contributed by atoms with Crippen molar-refractivity contribution >= 4 is 23.2 Å². The van der Waals surface area contributed by atoms with Crippen molar-refractivity contribution in [2.45, 2.75) is 95.0 Å². The van der Waals surface area contributed by atoms with Gasteiger partial charge >= 0.3 is 0 Å². The Morgan fingerprint density at radius 1 is 1.14 bits per heavy atom. The summed E-state index contributed by atoms with van der Waals surface area (Å²) >= 11 is 1.35. The van der Waals surface area contributed by atoms with Crippen LogP contribution >= 0.6 is 11.8 Å². The highest BCUT2D eigenvalue weighted by molar-refractivity contribution is 7.98. The molecule has 10 nitrogen and oxygen atoms in total. The molecule has 35 heavy (non-hydrogen) atoms. The highest BCUT2D eigenvalue weighted by atomic mass is 32.2. The first-order valence-corrected chi connectivity index (χ1v) is 13.9. The van der Waals surface area contributed by atoms with E-state index in [9.17, 15) is 5.11 Å². The molecule has 0 saturated carbocycles. The summed E-state index contributed by atoms with van der Waals surface area (Å²) < 4.78 is 26.6. The summed E-state index contributed by atoms with van der Waals surface area (Å²) in [7, 11) is 0. The van der Waals surface area contributed by atoms with Crippen molar-refractivity contribution in [1.82, 2.24) is 19.6 Å². The lowest BCUT2D eigenvalue weighted by atomic mass is 9.87. The summed E-state index contributed by atoms with van der Waals surface area (Å²) in [5, 5.41) is 17.3. The van der Waals surface area contributed by atoms with Crippen LogP contribution in [-0.2, 0) is 24.7 Å². The fraction of sp³-hybridized carbons (Fsp3) is 0.792. The first-order chi connectivity index (χ1) is 16.9. The quantitative estimate of drug-likeness (QED) is 0.271. The molecule has 4 atom stereocenters. The number of aromatic nitrogens is 4. The van der Waals surface area contributed by atoms with Gasteiger partial charge in [-0.2, -0.15) is 0 Å². The van der Waals surface area contributed by atoms with Crippen molar-refractivity contribution in [3.8, 4) is 0 Å². The third-order valence-electron chi connectivity index (χ3n) is 6.39. The SMILES string of the molecule is CCCCOC[C@H]1O[C@@](O)(c2cnc3c(N)nc(SC)nn23)[C@](C)(OCCCC)[C@@H]1OCCCC. The van der Waals surface area contributed by atoms with Crippen LogP contribution in [0, 0.1) is 0 Å². The van der Waals surface area contributed by atoms with Crippen LogP contribution in [0.25, 0.3) is 5.65 Å². The molecule has 3 rings (SSSR count). The van der Waals surface area contributed by atoms with E-state index in [1.807, 2.05) is 13.2 Å². The number of thioether (sulfide) groups is 1. The lowest BCUT2D eigenvalue weighted by Gasteiger charge is -2.39. The Bertz CT molecular complexity index is 946. The molecule has 3 heterocycles. The van der Waals surface area contributed by atoms with Gasteiger partial charge in [-0.25, -0.2) is 14.5 Å². The van der Waals surface area contributed by atoms with Gasteiger partial charge in [0.25, 0.3) is 0 Å². The van der Waals surface area contributed by atoms with Crippen LogP contribution in [-0.4, -0.2) is 75.2 Å². The number of aliphatic hydroxyl groups is 1. The van der Waals surface area contributed by atoms with Crippen LogP contribution in [0.1, 0.15) is 71.9 Å². The largest absolute Gasteiger partial charge is 0.380 e. The first-order valence-electron chi connectivity index (χ1n) is 12.6. The number of anilines is 1. The average Bonchev–Trinajstić information content (AvgIpc) is 3.36. The van der Waals surface area contributed by atoms with E-state index in [1.54, 1.807) is 0 Å². The Kier molecular flexibility index (Phi) is 10.1. The summed E-state index contributed by atoms with van der Waals surface area (Å²) in [6.45, 7) is 10.0. The molecule has 0 spiro atoms. The van der Waals surface area contributed by atoms with Gasteiger partial charge in [0.15, 0.2) is 17.1 Å². The van der Waals surface area contributed by atoms with E-state index in [0.29, 0.717) is 36.3 Å². The molecule has 0 aliphatic carbocycles. The van der Waals surface area contributed by atoms with Crippen LogP contribution in [0.4, 0.5) is 5.82 Å². The van der Waals surface area contributed by atoms with Crippen LogP contribution in [0.3, 0.4) is 0 Å². The molecule has 198 valence electrons. The second-order valence-corrected chi connectivity index (χ2v) is 9.82. The number of ether oxygens (including phenoxy) is 4. The predicted octanol–water partition coefficient (Wildman–Crippen LogP) is 3.55. The smallest absolute Gasteiger partial charge is 0.244 e. The molecule has 0 radical (unpaired) electrons. The fourth-order valence-electron chi connectivity index (χ4n) is 4.26. The molecular formula is C24H41N5O5S. The zero-order chi connectivity index (χ0) is 25.5. The van der Waals surface area contributed by atoms with Crippen molar-refractivity contribution in [3.05, 3.63) is 11.9 Å². The molecule has 0 aromatic carbocycles. The minimum atomic E-state index is -1.91. The Morgan fingerprint density at radius 2 is 1.83 bits per heavy atom. The van der Waals surface area contributed by atoms with Crippen molar-refractivity contribution < 1.29 is 24.1 Å². The second-order valence-electron chi connectivity index (χ2n) is 9.05. The molecule has 1 aliphatic rings. The number of nitrogens with two attached hydrogens (primary N) is 1. The number of rotatable bonds is 15. The van der Waals surface area contributed by atoms with Crippen molar-refractivity contribution in [3.63, 3.8) is 0 Å². The summed E-state index contributed by atoms with van der Waals surface area (Å²) in [5.41, 5.74) is 5.55. The molecular weight excluding hydrogens is 470 g/mol. The molecule has 0 unspecified atom stereocenters. The zero-order valence-corrected chi connectivity index (χ0v) is 22.5. The second kappa shape index (κ2) is 12.6. The summed E-state index contributed by atoms with van der Waals surface area (Å²) in [5.74, 6) is -1.69. The van der Waals surface area contributed by atoms with Gasteiger partial charge in [-0.15, -0.1) is 5.10 Å².